The Bertz CT molecular complexity index is 523. The number of rotatable bonds is 2. The van der Waals surface area contributed by atoms with Crippen molar-refractivity contribution in [3.63, 3.8) is 0 Å². The van der Waals surface area contributed by atoms with Crippen LogP contribution in [0.4, 0.5) is 17.1 Å². The molecule has 2 nitrogen and oxygen atoms in total. The van der Waals surface area contributed by atoms with Crippen molar-refractivity contribution in [2.45, 2.75) is 0 Å². The predicted octanol–water partition coefficient (Wildman–Crippen LogP) is 4.34. The zero-order valence-electron chi connectivity index (χ0n) is 9.32. The molecule has 0 spiro atoms. The maximum absolute atomic E-state index is 6.15. The third-order valence-corrected chi connectivity index (χ3v) is 3.09. The van der Waals surface area contributed by atoms with E-state index in [0.717, 1.165) is 17.1 Å². The summed E-state index contributed by atoms with van der Waals surface area (Å²) in [5.41, 5.74) is 8.31. The fraction of sp³-hybridized carbons (Fsp3) is 0.0769. The number of benzene rings is 2. The number of hydrogen-bond acceptors (Lipinski definition) is 2. The molecular weight excluding hydrogens is 255 g/mol. The Kier molecular flexibility index (Phi) is 3.46. The number of nitrogen functional groups attached to an aromatic ring is 1. The quantitative estimate of drug-likeness (QED) is 0.820. The molecule has 0 saturated carbocycles. The molecule has 0 amide bonds. The van der Waals surface area contributed by atoms with Gasteiger partial charge in [0.1, 0.15) is 0 Å². The van der Waals surface area contributed by atoms with E-state index < -0.39 is 0 Å². The Morgan fingerprint density at radius 1 is 1.00 bits per heavy atom. The van der Waals surface area contributed by atoms with Gasteiger partial charge in [0, 0.05) is 23.4 Å². The average Bonchev–Trinajstić information content (AvgIpc) is 2.29. The van der Waals surface area contributed by atoms with E-state index in [0.29, 0.717) is 10.0 Å². The highest BCUT2D eigenvalue weighted by Gasteiger charge is 2.08. The second-order valence-electron chi connectivity index (χ2n) is 3.75. The molecule has 0 heterocycles. The molecule has 2 N–H and O–H groups in total. The van der Waals surface area contributed by atoms with Crippen LogP contribution >= 0.6 is 23.2 Å². The first-order valence-electron chi connectivity index (χ1n) is 5.12. The SMILES string of the molecule is CN(c1ccc(N)cc1)c1ccc(Cl)cc1Cl. The van der Waals surface area contributed by atoms with Crippen LogP contribution in [0.5, 0.6) is 0 Å². The lowest BCUT2D eigenvalue weighted by Gasteiger charge is -2.21. The summed E-state index contributed by atoms with van der Waals surface area (Å²) in [6.45, 7) is 0. The van der Waals surface area contributed by atoms with E-state index in [-0.39, 0.29) is 0 Å². The molecule has 0 unspecified atom stereocenters. The van der Waals surface area contributed by atoms with Crippen molar-refractivity contribution in [1.82, 2.24) is 0 Å². The minimum absolute atomic E-state index is 0.622. The van der Waals surface area contributed by atoms with Gasteiger partial charge in [-0.15, -0.1) is 0 Å². The smallest absolute Gasteiger partial charge is 0.0657 e. The van der Waals surface area contributed by atoms with Gasteiger partial charge >= 0.3 is 0 Å². The van der Waals surface area contributed by atoms with Crippen LogP contribution in [0.25, 0.3) is 0 Å². The number of hydrogen-bond donors (Lipinski definition) is 1. The first-order valence-corrected chi connectivity index (χ1v) is 5.88. The van der Waals surface area contributed by atoms with E-state index >= 15 is 0 Å². The number of anilines is 3. The molecule has 17 heavy (non-hydrogen) atoms. The Morgan fingerprint density at radius 3 is 2.24 bits per heavy atom. The normalized spacial score (nSPS) is 10.3. The topological polar surface area (TPSA) is 29.3 Å². The summed E-state index contributed by atoms with van der Waals surface area (Å²) in [7, 11) is 1.95. The second-order valence-corrected chi connectivity index (χ2v) is 4.59. The molecule has 0 aliphatic heterocycles. The number of halogens is 2. The van der Waals surface area contributed by atoms with Crippen molar-refractivity contribution in [3.05, 3.63) is 52.5 Å². The number of nitrogens with zero attached hydrogens (tertiary/aromatic N) is 1. The van der Waals surface area contributed by atoms with Gasteiger partial charge in [-0.3, -0.25) is 0 Å². The molecule has 0 bridgehead atoms. The molecule has 88 valence electrons. The maximum Gasteiger partial charge on any atom is 0.0657 e. The summed E-state index contributed by atoms with van der Waals surface area (Å²) < 4.78 is 0. The van der Waals surface area contributed by atoms with Gasteiger partial charge in [-0.1, -0.05) is 23.2 Å². The highest BCUT2D eigenvalue weighted by molar-refractivity contribution is 6.36. The van der Waals surface area contributed by atoms with Crippen LogP contribution in [0.2, 0.25) is 10.0 Å². The molecule has 0 atom stereocenters. The number of nitrogens with two attached hydrogens (primary N) is 1. The van der Waals surface area contributed by atoms with E-state index in [2.05, 4.69) is 0 Å². The summed E-state index contributed by atoms with van der Waals surface area (Å²) in [6, 6.07) is 13.0. The van der Waals surface area contributed by atoms with Gasteiger partial charge in [0.15, 0.2) is 0 Å². The molecule has 2 aromatic rings. The monoisotopic (exact) mass is 266 g/mol. The third kappa shape index (κ3) is 2.65. The Labute approximate surface area is 111 Å². The molecule has 0 fully saturated rings. The Morgan fingerprint density at radius 2 is 1.65 bits per heavy atom. The first kappa shape index (κ1) is 12.1. The summed E-state index contributed by atoms with van der Waals surface area (Å²) in [5.74, 6) is 0. The van der Waals surface area contributed by atoms with Crippen molar-refractivity contribution in [2.75, 3.05) is 17.7 Å². The van der Waals surface area contributed by atoms with E-state index in [4.69, 9.17) is 28.9 Å². The van der Waals surface area contributed by atoms with Gasteiger partial charge in [0.25, 0.3) is 0 Å². The van der Waals surface area contributed by atoms with Gasteiger partial charge in [0.05, 0.1) is 10.7 Å². The standard InChI is InChI=1S/C13H12Cl2N2/c1-17(11-5-3-10(16)4-6-11)13-7-2-9(14)8-12(13)15/h2-8H,16H2,1H3. The largest absolute Gasteiger partial charge is 0.399 e. The van der Waals surface area contributed by atoms with Crippen LogP contribution in [0.15, 0.2) is 42.5 Å². The maximum atomic E-state index is 6.15. The molecule has 0 radical (unpaired) electrons. The Balaban J connectivity index is 2.36. The lowest BCUT2D eigenvalue weighted by molar-refractivity contribution is 1.21. The highest BCUT2D eigenvalue weighted by Crippen LogP contribution is 2.32. The molecule has 0 saturated heterocycles. The zero-order chi connectivity index (χ0) is 12.4. The molecular formula is C13H12Cl2N2. The summed E-state index contributed by atoms with van der Waals surface area (Å²) in [4.78, 5) is 1.98. The van der Waals surface area contributed by atoms with E-state index in [1.165, 1.54) is 0 Å². The molecule has 2 rings (SSSR count). The molecule has 4 heteroatoms. The minimum Gasteiger partial charge on any atom is -0.399 e. The molecule has 0 aromatic heterocycles. The van der Waals surface area contributed by atoms with Gasteiger partial charge in [0.2, 0.25) is 0 Å². The van der Waals surface area contributed by atoms with Crippen LogP contribution in [-0.2, 0) is 0 Å². The van der Waals surface area contributed by atoms with E-state index in [1.807, 2.05) is 48.3 Å². The third-order valence-electron chi connectivity index (χ3n) is 2.55. The molecule has 0 aliphatic carbocycles. The highest BCUT2D eigenvalue weighted by atomic mass is 35.5. The van der Waals surface area contributed by atoms with Crippen LogP contribution in [0.1, 0.15) is 0 Å². The van der Waals surface area contributed by atoms with Crippen molar-refractivity contribution in [3.8, 4) is 0 Å². The van der Waals surface area contributed by atoms with Gasteiger partial charge < -0.3 is 10.6 Å². The van der Waals surface area contributed by atoms with Crippen molar-refractivity contribution < 1.29 is 0 Å². The predicted molar refractivity (Wildman–Crippen MR) is 75.4 cm³/mol. The van der Waals surface area contributed by atoms with Gasteiger partial charge in [-0.05, 0) is 42.5 Å². The van der Waals surface area contributed by atoms with Gasteiger partial charge in [-0.25, -0.2) is 0 Å². The van der Waals surface area contributed by atoms with Crippen LogP contribution < -0.4 is 10.6 Å². The van der Waals surface area contributed by atoms with Gasteiger partial charge in [-0.2, -0.15) is 0 Å². The lowest BCUT2D eigenvalue weighted by Crippen LogP contribution is -2.09. The van der Waals surface area contributed by atoms with Crippen LogP contribution in [0, 0.1) is 0 Å². The lowest BCUT2D eigenvalue weighted by atomic mass is 10.2. The summed E-state index contributed by atoms with van der Waals surface area (Å²) in [6.07, 6.45) is 0. The average molecular weight is 267 g/mol. The fourth-order valence-corrected chi connectivity index (χ4v) is 2.13. The molecule has 0 aliphatic rings. The van der Waals surface area contributed by atoms with E-state index in [9.17, 15) is 0 Å². The second kappa shape index (κ2) is 4.86. The van der Waals surface area contributed by atoms with E-state index in [1.54, 1.807) is 6.07 Å². The van der Waals surface area contributed by atoms with Crippen LogP contribution in [-0.4, -0.2) is 7.05 Å². The zero-order valence-corrected chi connectivity index (χ0v) is 10.8. The van der Waals surface area contributed by atoms with Crippen molar-refractivity contribution >= 4 is 40.3 Å². The fourth-order valence-electron chi connectivity index (χ4n) is 1.59. The van der Waals surface area contributed by atoms with Crippen molar-refractivity contribution in [1.29, 1.82) is 0 Å². The van der Waals surface area contributed by atoms with Crippen LogP contribution in [0.3, 0.4) is 0 Å². The minimum atomic E-state index is 0.622. The Hall–Kier alpha value is -1.38. The summed E-state index contributed by atoms with van der Waals surface area (Å²) in [5, 5.41) is 1.25. The van der Waals surface area contributed by atoms with Crippen molar-refractivity contribution in [2.24, 2.45) is 0 Å². The molecule has 2 aromatic carbocycles. The summed E-state index contributed by atoms with van der Waals surface area (Å²) >= 11 is 12.0. The first-order chi connectivity index (χ1) is 8.08.